The van der Waals surface area contributed by atoms with Gasteiger partial charge in [0.1, 0.15) is 17.5 Å². The van der Waals surface area contributed by atoms with Crippen molar-refractivity contribution >= 4 is 34.1 Å². The van der Waals surface area contributed by atoms with Crippen LogP contribution in [0.2, 0.25) is 0 Å². The molecule has 1 aliphatic heterocycles. The number of hydrogen-bond acceptors (Lipinski definition) is 6. The molecule has 2 heterocycles. The predicted molar refractivity (Wildman–Crippen MR) is 104 cm³/mol. The number of benzene rings is 1. The third-order valence-electron chi connectivity index (χ3n) is 4.39. The molecule has 144 valence electrons. The van der Waals surface area contributed by atoms with Crippen molar-refractivity contribution in [3.05, 3.63) is 51.9 Å². The van der Waals surface area contributed by atoms with E-state index in [0.717, 1.165) is 10.4 Å². The predicted octanol–water partition coefficient (Wildman–Crippen LogP) is 2.71. The molecule has 8 heteroatoms. The number of carbonyl (C=O) groups is 3. The Morgan fingerprint density at radius 1 is 1.29 bits per heavy atom. The topological polar surface area (TPSA) is 99.5 Å². The summed E-state index contributed by atoms with van der Waals surface area (Å²) >= 11 is 1.30. The number of nitrogens with zero attached hydrogens (tertiary/aromatic N) is 2. The largest absolute Gasteiger partial charge is 0.466 e. The highest BCUT2D eigenvalue weighted by molar-refractivity contribution is 7.16. The molecule has 0 bridgehead atoms. The van der Waals surface area contributed by atoms with Crippen molar-refractivity contribution < 1.29 is 19.1 Å². The SMILES string of the molecule is CCOC(=O)CC(=O)N1CCc2c(sc(NC(=O)c3ccccc3)c2C#N)C1. The van der Waals surface area contributed by atoms with Crippen LogP contribution in [0.4, 0.5) is 5.00 Å². The first kappa shape index (κ1) is 19.6. The Kier molecular flexibility index (Phi) is 6.06. The number of nitrogens with one attached hydrogen (secondary N) is 1. The minimum absolute atomic E-state index is 0.233. The van der Waals surface area contributed by atoms with E-state index in [2.05, 4.69) is 11.4 Å². The summed E-state index contributed by atoms with van der Waals surface area (Å²) in [7, 11) is 0. The van der Waals surface area contributed by atoms with E-state index in [9.17, 15) is 19.6 Å². The van der Waals surface area contributed by atoms with Crippen LogP contribution in [0.3, 0.4) is 0 Å². The molecule has 1 N–H and O–H groups in total. The quantitative estimate of drug-likeness (QED) is 0.618. The van der Waals surface area contributed by atoms with E-state index < -0.39 is 5.97 Å². The number of anilines is 1. The van der Waals surface area contributed by atoms with E-state index in [1.54, 1.807) is 36.1 Å². The summed E-state index contributed by atoms with van der Waals surface area (Å²) in [5, 5.41) is 12.9. The Balaban J connectivity index is 1.75. The molecule has 0 saturated carbocycles. The van der Waals surface area contributed by atoms with E-state index in [1.165, 1.54) is 11.3 Å². The van der Waals surface area contributed by atoms with Gasteiger partial charge in [-0.05, 0) is 31.0 Å². The van der Waals surface area contributed by atoms with Gasteiger partial charge >= 0.3 is 5.97 Å². The van der Waals surface area contributed by atoms with Gasteiger partial charge in [-0.15, -0.1) is 11.3 Å². The van der Waals surface area contributed by atoms with Crippen LogP contribution in [0.25, 0.3) is 0 Å². The number of hydrogen-bond donors (Lipinski definition) is 1. The highest BCUT2D eigenvalue weighted by Crippen LogP contribution is 2.37. The van der Waals surface area contributed by atoms with Crippen molar-refractivity contribution in [3.63, 3.8) is 0 Å². The van der Waals surface area contributed by atoms with Gasteiger partial charge < -0.3 is 15.0 Å². The second-order valence-electron chi connectivity index (χ2n) is 6.19. The maximum absolute atomic E-state index is 12.4. The van der Waals surface area contributed by atoms with Crippen LogP contribution >= 0.6 is 11.3 Å². The van der Waals surface area contributed by atoms with Crippen LogP contribution in [0.5, 0.6) is 0 Å². The third kappa shape index (κ3) is 4.21. The van der Waals surface area contributed by atoms with Gasteiger partial charge in [-0.1, -0.05) is 18.2 Å². The van der Waals surface area contributed by atoms with Gasteiger partial charge in [0.25, 0.3) is 5.91 Å². The normalized spacial score (nSPS) is 12.6. The fourth-order valence-electron chi connectivity index (χ4n) is 3.03. The molecule has 3 rings (SSSR count). The molecule has 7 nitrogen and oxygen atoms in total. The molecule has 0 fully saturated rings. The number of thiophene rings is 1. The minimum Gasteiger partial charge on any atom is -0.466 e. The zero-order valence-corrected chi connectivity index (χ0v) is 16.2. The average Bonchev–Trinajstić information content (AvgIpc) is 3.04. The first-order valence-corrected chi connectivity index (χ1v) is 9.69. The number of carbonyl (C=O) groups excluding carboxylic acids is 3. The molecule has 0 spiro atoms. The molecular formula is C20H19N3O4S. The minimum atomic E-state index is -0.544. The van der Waals surface area contributed by atoms with Crippen LogP contribution < -0.4 is 5.32 Å². The van der Waals surface area contributed by atoms with Gasteiger partial charge in [-0.3, -0.25) is 14.4 Å². The first-order chi connectivity index (χ1) is 13.5. The monoisotopic (exact) mass is 397 g/mol. The summed E-state index contributed by atoms with van der Waals surface area (Å²) in [5.41, 5.74) is 1.81. The molecule has 28 heavy (non-hydrogen) atoms. The molecule has 0 radical (unpaired) electrons. The van der Waals surface area contributed by atoms with Crippen LogP contribution in [0.15, 0.2) is 30.3 Å². The summed E-state index contributed by atoms with van der Waals surface area (Å²) in [6, 6.07) is 10.9. The zero-order valence-electron chi connectivity index (χ0n) is 15.4. The Morgan fingerprint density at radius 3 is 2.71 bits per heavy atom. The summed E-state index contributed by atoms with van der Waals surface area (Å²) in [4.78, 5) is 38.7. The molecule has 0 saturated heterocycles. The van der Waals surface area contributed by atoms with Crippen molar-refractivity contribution in [1.82, 2.24) is 4.90 Å². The molecule has 2 aromatic rings. The van der Waals surface area contributed by atoms with Crippen LogP contribution in [-0.4, -0.2) is 35.8 Å². The number of esters is 1. The maximum Gasteiger partial charge on any atom is 0.315 e. The van der Waals surface area contributed by atoms with Crippen LogP contribution in [0.1, 0.15) is 39.7 Å². The molecule has 1 aliphatic rings. The molecule has 0 unspecified atom stereocenters. The highest BCUT2D eigenvalue weighted by atomic mass is 32.1. The average molecular weight is 397 g/mol. The van der Waals surface area contributed by atoms with Crippen molar-refractivity contribution in [1.29, 1.82) is 5.26 Å². The molecule has 2 amide bonds. The van der Waals surface area contributed by atoms with Crippen LogP contribution in [-0.2, 0) is 27.3 Å². The third-order valence-corrected chi connectivity index (χ3v) is 5.52. The summed E-state index contributed by atoms with van der Waals surface area (Å²) < 4.78 is 4.82. The van der Waals surface area contributed by atoms with Gasteiger partial charge in [-0.25, -0.2) is 0 Å². The van der Waals surface area contributed by atoms with E-state index in [0.29, 0.717) is 35.6 Å². The Labute approximate surface area is 166 Å². The lowest BCUT2D eigenvalue weighted by molar-refractivity contribution is -0.148. The maximum atomic E-state index is 12.4. The summed E-state index contributed by atoms with van der Waals surface area (Å²) in [5.74, 6) is -1.13. The van der Waals surface area contributed by atoms with Gasteiger partial charge in [0.15, 0.2) is 0 Å². The lowest BCUT2D eigenvalue weighted by atomic mass is 10.0. The Morgan fingerprint density at radius 2 is 2.04 bits per heavy atom. The zero-order chi connectivity index (χ0) is 20.1. The van der Waals surface area contributed by atoms with Crippen molar-refractivity contribution in [2.45, 2.75) is 26.3 Å². The number of rotatable bonds is 5. The number of ether oxygens (including phenoxy) is 1. The fraction of sp³-hybridized carbons (Fsp3) is 0.300. The van der Waals surface area contributed by atoms with Gasteiger partial charge in [0.05, 0.1) is 18.7 Å². The molecule has 0 aliphatic carbocycles. The van der Waals surface area contributed by atoms with Crippen molar-refractivity contribution in [2.24, 2.45) is 0 Å². The van der Waals surface area contributed by atoms with Crippen molar-refractivity contribution in [3.8, 4) is 6.07 Å². The van der Waals surface area contributed by atoms with E-state index in [4.69, 9.17) is 4.74 Å². The number of amides is 2. The van der Waals surface area contributed by atoms with Gasteiger partial charge in [0, 0.05) is 17.0 Å². The van der Waals surface area contributed by atoms with Gasteiger partial charge in [-0.2, -0.15) is 5.26 Å². The number of fused-ring (bicyclic) bond motifs is 1. The smallest absolute Gasteiger partial charge is 0.315 e. The van der Waals surface area contributed by atoms with Gasteiger partial charge in [0.2, 0.25) is 5.91 Å². The van der Waals surface area contributed by atoms with E-state index >= 15 is 0 Å². The second kappa shape index (κ2) is 8.67. The lowest BCUT2D eigenvalue weighted by Crippen LogP contribution is -2.36. The highest BCUT2D eigenvalue weighted by Gasteiger charge is 2.28. The summed E-state index contributed by atoms with van der Waals surface area (Å²) in [6.45, 7) is 2.66. The fourth-order valence-corrected chi connectivity index (χ4v) is 4.24. The standard InChI is InChI=1S/C20H19N3O4S/c1-2-27-18(25)10-17(24)23-9-8-14-15(11-21)20(28-16(14)12-23)22-19(26)13-6-4-3-5-7-13/h3-7H,2,8-10,12H2,1H3,(H,22,26). The molecule has 1 aromatic heterocycles. The second-order valence-corrected chi connectivity index (χ2v) is 7.29. The number of nitriles is 1. The van der Waals surface area contributed by atoms with Crippen molar-refractivity contribution in [2.75, 3.05) is 18.5 Å². The van der Waals surface area contributed by atoms with E-state index in [-0.39, 0.29) is 24.8 Å². The molecule has 1 aromatic carbocycles. The van der Waals surface area contributed by atoms with E-state index in [1.807, 2.05) is 6.07 Å². The summed E-state index contributed by atoms with van der Waals surface area (Å²) in [6.07, 6.45) is 0.210. The van der Waals surface area contributed by atoms with Crippen LogP contribution in [0, 0.1) is 11.3 Å². The molecule has 0 atom stereocenters. The lowest BCUT2D eigenvalue weighted by Gasteiger charge is -2.26. The Hall–Kier alpha value is -3.18. The Bertz CT molecular complexity index is 946. The first-order valence-electron chi connectivity index (χ1n) is 8.88. The molecular weight excluding hydrogens is 378 g/mol.